The molecule has 1 atom stereocenters. The van der Waals surface area contributed by atoms with Gasteiger partial charge in [0.05, 0.1) is 6.26 Å². The highest BCUT2D eigenvalue weighted by Gasteiger charge is 2.20. The van der Waals surface area contributed by atoms with Crippen molar-refractivity contribution in [3.8, 4) is 0 Å². The highest BCUT2D eigenvalue weighted by Crippen LogP contribution is 2.22. The van der Waals surface area contributed by atoms with E-state index in [9.17, 15) is 0 Å². The highest BCUT2D eigenvalue weighted by atomic mass is 79.9. The maximum absolute atomic E-state index is 5.22. The molecule has 1 saturated heterocycles. The van der Waals surface area contributed by atoms with Crippen molar-refractivity contribution in [1.29, 1.82) is 0 Å². The van der Waals surface area contributed by atoms with Crippen molar-refractivity contribution in [2.24, 2.45) is 5.92 Å². The Morgan fingerprint density at radius 3 is 3.07 bits per heavy atom. The Hall–Kier alpha value is -0.280. The minimum atomic E-state index is 0.832. The lowest BCUT2D eigenvalue weighted by Gasteiger charge is -2.13. The molecule has 0 aromatic carbocycles. The maximum atomic E-state index is 5.22. The zero-order chi connectivity index (χ0) is 9.97. The second-order valence-electron chi connectivity index (χ2n) is 4.06. The lowest BCUT2D eigenvalue weighted by atomic mass is 10.1. The molecule has 1 fully saturated rings. The number of nitrogens with zero attached hydrogens (tertiary/aromatic N) is 1. The lowest BCUT2D eigenvalue weighted by Crippen LogP contribution is -2.19. The molecule has 0 radical (unpaired) electrons. The zero-order valence-electron chi connectivity index (χ0n) is 8.50. The van der Waals surface area contributed by atoms with E-state index in [0.717, 1.165) is 17.1 Å². The first-order valence-electron chi connectivity index (χ1n) is 5.23. The van der Waals surface area contributed by atoms with Crippen LogP contribution in [0.25, 0.3) is 0 Å². The van der Waals surface area contributed by atoms with E-state index in [4.69, 9.17) is 4.42 Å². The van der Waals surface area contributed by atoms with E-state index in [-0.39, 0.29) is 0 Å². The summed E-state index contributed by atoms with van der Waals surface area (Å²) >= 11 is 3.32. The number of hydrogen-bond donors (Lipinski definition) is 0. The van der Waals surface area contributed by atoms with Crippen LogP contribution < -0.4 is 0 Å². The van der Waals surface area contributed by atoms with Crippen LogP contribution in [0.3, 0.4) is 0 Å². The fourth-order valence-corrected chi connectivity index (χ4v) is 2.46. The first kappa shape index (κ1) is 10.2. The van der Waals surface area contributed by atoms with E-state index >= 15 is 0 Å². The van der Waals surface area contributed by atoms with E-state index in [1.54, 1.807) is 0 Å². The molecule has 0 N–H and O–H groups in total. The van der Waals surface area contributed by atoms with Crippen molar-refractivity contribution < 1.29 is 4.42 Å². The molecular weight excluding hydrogens is 242 g/mol. The van der Waals surface area contributed by atoms with Gasteiger partial charge in [-0.3, -0.25) is 4.90 Å². The minimum Gasteiger partial charge on any atom is -0.457 e. The molecule has 2 heterocycles. The Kier molecular flexibility index (Phi) is 3.29. The molecule has 1 aliphatic heterocycles. The van der Waals surface area contributed by atoms with Crippen LogP contribution in [-0.4, -0.2) is 18.0 Å². The van der Waals surface area contributed by atoms with Crippen LogP contribution >= 0.6 is 15.9 Å². The van der Waals surface area contributed by atoms with Crippen LogP contribution in [0.4, 0.5) is 0 Å². The first-order chi connectivity index (χ1) is 6.78. The van der Waals surface area contributed by atoms with Crippen LogP contribution in [0.1, 0.15) is 25.3 Å². The predicted molar refractivity (Wildman–Crippen MR) is 60.1 cm³/mol. The quantitative estimate of drug-likeness (QED) is 0.827. The molecule has 0 amide bonds. The third kappa shape index (κ3) is 2.39. The van der Waals surface area contributed by atoms with E-state index in [0.29, 0.717) is 0 Å². The maximum Gasteiger partial charge on any atom is 0.169 e. The number of rotatable bonds is 3. The molecule has 0 spiro atoms. The summed E-state index contributed by atoms with van der Waals surface area (Å²) in [5, 5.41) is 0. The third-order valence-electron chi connectivity index (χ3n) is 2.98. The molecular formula is C11H16BrNO. The number of furan rings is 1. The van der Waals surface area contributed by atoms with Gasteiger partial charge in [0, 0.05) is 18.7 Å². The van der Waals surface area contributed by atoms with Crippen molar-refractivity contribution in [2.75, 3.05) is 13.1 Å². The molecule has 78 valence electrons. The fourth-order valence-electron chi connectivity index (χ4n) is 2.08. The first-order valence-corrected chi connectivity index (χ1v) is 6.02. The number of halogens is 1. The number of hydrogen-bond acceptors (Lipinski definition) is 2. The van der Waals surface area contributed by atoms with E-state index in [1.165, 1.54) is 31.5 Å². The van der Waals surface area contributed by atoms with E-state index < -0.39 is 0 Å². The van der Waals surface area contributed by atoms with Gasteiger partial charge in [-0.15, -0.1) is 0 Å². The van der Waals surface area contributed by atoms with Crippen molar-refractivity contribution in [3.63, 3.8) is 0 Å². The van der Waals surface area contributed by atoms with Gasteiger partial charge < -0.3 is 4.42 Å². The monoisotopic (exact) mass is 257 g/mol. The molecule has 2 nitrogen and oxygen atoms in total. The smallest absolute Gasteiger partial charge is 0.169 e. The zero-order valence-corrected chi connectivity index (χ0v) is 10.1. The Bertz CT molecular complexity index is 297. The summed E-state index contributed by atoms with van der Waals surface area (Å²) in [7, 11) is 0. The van der Waals surface area contributed by atoms with Crippen LogP contribution in [0.5, 0.6) is 0 Å². The fraction of sp³-hybridized carbons (Fsp3) is 0.636. The third-order valence-corrected chi connectivity index (χ3v) is 3.39. The minimum absolute atomic E-state index is 0.832. The van der Waals surface area contributed by atoms with Gasteiger partial charge in [-0.2, -0.15) is 0 Å². The number of likely N-dealkylation sites (tertiary alicyclic amines) is 1. The summed E-state index contributed by atoms with van der Waals surface area (Å²) in [4.78, 5) is 2.51. The summed E-state index contributed by atoms with van der Waals surface area (Å²) in [6.45, 7) is 5.80. The molecule has 1 aromatic rings. The SMILES string of the molecule is CCC1CCN(Cc2coc(Br)c2)C1. The molecule has 1 aromatic heterocycles. The molecule has 0 saturated carbocycles. The summed E-state index contributed by atoms with van der Waals surface area (Å²) in [6, 6.07) is 2.05. The Balaban J connectivity index is 1.87. The van der Waals surface area contributed by atoms with Gasteiger partial charge in [-0.1, -0.05) is 13.3 Å². The van der Waals surface area contributed by atoms with Crippen LogP contribution in [0, 0.1) is 5.92 Å². The van der Waals surface area contributed by atoms with Gasteiger partial charge in [0.15, 0.2) is 4.67 Å². The normalized spacial score (nSPS) is 23.1. The molecule has 2 rings (SSSR count). The average molecular weight is 258 g/mol. The standard InChI is InChI=1S/C11H16BrNO/c1-2-9-3-4-13(6-9)7-10-5-11(12)14-8-10/h5,8-9H,2-4,6-7H2,1H3. The van der Waals surface area contributed by atoms with Crippen LogP contribution in [0.15, 0.2) is 21.4 Å². The Morgan fingerprint density at radius 1 is 1.64 bits per heavy atom. The van der Waals surface area contributed by atoms with Gasteiger partial charge in [0.1, 0.15) is 0 Å². The second-order valence-corrected chi connectivity index (χ2v) is 4.84. The molecule has 1 unspecified atom stereocenters. The summed E-state index contributed by atoms with van der Waals surface area (Å²) in [5.41, 5.74) is 1.27. The highest BCUT2D eigenvalue weighted by molar-refractivity contribution is 9.10. The van der Waals surface area contributed by atoms with E-state index in [1.807, 2.05) is 6.26 Å². The lowest BCUT2D eigenvalue weighted by molar-refractivity contribution is 0.314. The van der Waals surface area contributed by atoms with Crippen LogP contribution in [-0.2, 0) is 6.54 Å². The second kappa shape index (κ2) is 4.49. The van der Waals surface area contributed by atoms with Gasteiger partial charge in [0.25, 0.3) is 0 Å². The van der Waals surface area contributed by atoms with Crippen molar-refractivity contribution in [2.45, 2.75) is 26.3 Å². The van der Waals surface area contributed by atoms with E-state index in [2.05, 4.69) is 33.8 Å². The Labute approximate surface area is 93.4 Å². The molecule has 14 heavy (non-hydrogen) atoms. The molecule has 1 aliphatic rings. The van der Waals surface area contributed by atoms with Gasteiger partial charge in [-0.25, -0.2) is 0 Å². The summed E-state index contributed by atoms with van der Waals surface area (Å²) in [6.07, 6.45) is 4.50. The predicted octanol–water partition coefficient (Wildman–Crippen LogP) is 3.27. The molecule has 0 aliphatic carbocycles. The topological polar surface area (TPSA) is 16.4 Å². The summed E-state index contributed by atoms with van der Waals surface area (Å²) < 4.78 is 6.05. The largest absolute Gasteiger partial charge is 0.457 e. The van der Waals surface area contributed by atoms with Crippen molar-refractivity contribution in [3.05, 3.63) is 22.6 Å². The molecule has 0 bridgehead atoms. The van der Waals surface area contributed by atoms with Crippen LogP contribution in [0.2, 0.25) is 0 Å². The van der Waals surface area contributed by atoms with Crippen molar-refractivity contribution in [1.82, 2.24) is 4.90 Å². The van der Waals surface area contributed by atoms with Gasteiger partial charge in [-0.05, 0) is 40.9 Å². The Morgan fingerprint density at radius 2 is 2.50 bits per heavy atom. The average Bonchev–Trinajstić information content (AvgIpc) is 2.76. The van der Waals surface area contributed by atoms with Gasteiger partial charge in [0.2, 0.25) is 0 Å². The molecule has 3 heteroatoms. The summed E-state index contributed by atoms with van der Waals surface area (Å²) in [5.74, 6) is 0.908. The van der Waals surface area contributed by atoms with Crippen molar-refractivity contribution >= 4 is 15.9 Å². The van der Waals surface area contributed by atoms with Gasteiger partial charge >= 0.3 is 0 Å².